The van der Waals surface area contributed by atoms with Crippen LogP contribution in [0.5, 0.6) is 0 Å². The summed E-state index contributed by atoms with van der Waals surface area (Å²) >= 11 is 0. The summed E-state index contributed by atoms with van der Waals surface area (Å²) in [6.45, 7) is 4.85. The maximum absolute atomic E-state index is 12.8. The number of morpholine rings is 1. The fourth-order valence-corrected chi connectivity index (χ4v) is 3.37. The third-order valence-corrected chi connectivity index (χ3v) is 4.82. The van der Waals surface area contributed by atoms with Crippen molar-refractivity contribution in [1.29, 1.82) is 0 Å². The first kappa shape index (κ1) is 21.1. The molecular weight excluding hydrogens is 352 g/mol. The second-order valence-electron chi connectivity index (χ2n) is 6.87. The van der Waals surface area contributed by atoms with Gasteiger partial charge in [0.2, 0.25) is 23.6 Å². The quantitative estimate of drug-likeness (QED) is 0.564. The Bertz CT molecular complexity index is 548. The van der Waals surface area contributed by atoms with E-state index in [0.717, 1.165) is 12.8 Å². The summed E-state index contributed by atoms with van der Waals surface area (Å²) in [5.41, 5.74) is 0. The van der Waals surface area contributed by atoms with Crippen LogP contribution in [0.2, 0.25) is 0 Å². The Hall–Kier alpha value is -2.16. The molecule has 152 valence electrons. The molecule has 0 saturated carbocycles. The van der Waals surface area contributed by atoms with Crippen LogP contribution in [-0.2, 0) is 23.9 Å². The minimum atomic E-state index is -0.424. The van der Waals surface area contributed by atoms with E-state index in [1.807, 2.05) is 0 Å². The zero-order valence-electron chi connectivity index (χ0n) is 16.0. The number of hydrogen-bond donors (Lipinski definition) is 2. The molecule has 2 aliphatic rings. The molecule has 2 fully saturated rings. The topological polar surface area (TPSA) is 108 Å². The predicted molar refractivity (Wildman–Crippen MR) is 97.7 cm³/mol. The zero-order valence-corrected chi connectivity index (χ0v) is 16.0. The Morgan fingerprint density at radius 3 is 2.37 bits per heavy atom. The zero-order chi connectivity index (χ0) is 19.6. The molecule has 9 nitrogen and oxygen atoms in total. The second kappa shape index (κ2) is 10.9. The van der Waals surface area contributed by atoms with Crippen LogP contribution < -0.4 is 10.6 Å². The van der Waals surface area contributed by atoms with Gasteiger partial charge in [-0.15, -0.1) is 0 Å². The van der Waals surface area contributed by atoms with Crippen LogP contribution in [0.15, 0.2) is 0 Å². The SMILES string of the molecule is CC(=O)NCCNC(=O)CCC(=O)N1CCCCC1C(=O)N1CCOCC1. The number of nitrogens with one attached hydrogen (secondary N) is 2. The molecule has 0 bridgehead atoms. The first-order valence-electron chi connectivity index (χ1n) is 9.66. The lowest BCUT2D eigenvalue weighted by Gasteiger charge is -2.38. The predicted octanol–water partition coefficient (Wildman–Crippen LogP) is -0.741. The maximum Gasteiger partial charge on any atom is 0.245 e. The summed E-state index contributed by atoms with van der Waals surface area (Å²) in [6.07, 6.45) is 2.63. The van der Waals surface area contributed by atoms with Crippen LogP contribution in [0.25, 0.3) is 0 Å². The molecule has 9 heteroatoms. The average Bonchev–Trinajstić information content (AvgIpc) is 2.69. The lowest BCUT2D eigenvalue weighted by Crippen LogP contribution is -2.55. The largest absolute Gasteiger partial charge is 0.378 e. The fraction of sp³-hybridized carbons (Fsp3) is 0.778. The lowest BCUT2D eigenvalue weighted by atomic mass is 9.99. The van der Waals surface area contributed by atoms with Gasteiger partial charge in [-0.25, -0.2) is 0 Å². The molecule has 0 aliphatic carbocycles. The summed E-state index contributed by atoms with van der Waals surface area (Å²) in [4.78, 5) is 51.4. The highest BCUT2D eigenvalue weighted by atomic mass is 16.5. The molecule has 2 rings (SSSR count). The van der Waals surface area contributed by atoms with Crippen LogP contribution in [-0.4, -0.2) is 85.4 Å². The summed E-state index contributed by atoms with van der Waals surface area (Å²) in [5.74, 6) is -0.549. The molecule has 2 N–H and O–H groups in total. The van der Waals surface area contributed by atoms with E-state index >= 15 is 0 Å². The van der Waals surface area contributed by atoms with Gasteiger partial charge in [0.05, 0.1) is 13.2 Å². The van der Waals surface area contributed by atoms with Crippen molar-refractivity contribution in [3.8, 4) is 0 Å². The van der Waals surface area contributed by atoms with E-state index in [1.165, 1.54) is 6.92 Å². The molecule has 4 amide bonds. The normalized spacial score (nSPS) is 20.1. The van der Waals surface area contributed by atoms with Gasteiger partial charge in [-0.1, -0.05) is 0 Å². The van der Waals surface area contributed by atoms with Gasteiger partial charge < -0.3 is 25.2 Å². The molecule has 1 unspecified atom stereocenters. The van der Waals surface area contributed by atoms with Crippen LogP contribution in [0.1, 0.15) is 39.0 Å². The summed E-state index contributed by atoms with van der Waals surface area (Å²) in [6, 6.07) is -0.424. The molecular formula is C18H30N4O5. The number of ether oxygens (including phenoxy) is 1. The first-order chi connectivity index (χ1) is 13.0. The van der Waals surface area contributed by atoms with Crippen LogP contribution in [0.4, 0.5) is 0 Å². The lowest BCUT2D eigenvalue weighted by molar-refractivity contribution is -0.150. The maximum atomic E-state index is 12.8. The third kappa shape index (κ3) is 6.82. The van der Waals surface area contributed by atoms with E-state index in [2.05, 4.69) is 10.6 Å². The van der Waals surface area contributed by atoms with E-state index in [0.29, 0.717) is 52.4 Å². The van der Waals surface area contributed by atoms with Crippen molar-refractivity contribution in [2.75, 3.05) is 45.9 Å². The van der Waals surface area contributed by atoms with Crippen molar-refractivity contribution >= 4 is 23.6 Å². The summed E-state index contributed by atoms with van der Waals surface area (Å²) < 4.78 is 5.29. The van der Waals surface area contributed by atoms with Crippen molar-refractivity contribution in [2.24, 2.45) is 0 Å². The highest BCUT2D eigenvalue weighted by Crippen LogP contribution is 2.21. The second-order valence-corrected chi connectivity index (χ2v) is 6.87. The monoisotopic (exact) mass is 382 g/mol. The van der Waals surface area contributed by atoms with Gasteiger partial charge >= 0.3 is 0 Å². The number of piperidine rings is 1. The van der Waals surface area contributed by atoms with Crippen LogP contribution in [0, 0.1) is 0 Å². The standard InChI is InChI=1S/C18H30N4O5/c1-14(23)19-7-8-20-16(24)5-6-17(25)22-9-3-2-4-15(22)18(26)21-10-12-27-13-11-21/h15H,2-13H2,1H3,(H,19,23)(H,20,24). The molecule has 0 aromatic rings. The number of likely N-dealkylation sites (tertiary alicyclic amines) is 1. The molecule has 2 aliphatic heterocycles. The molecule has 1 atom stereocenters. The fourth-order valence-electron chi connectivity index (χ4n) is 3.37. The number of rotatable bonds is 7. The van der Waals surface area contributed by atoms with Gasteiger partial charge in [0.25, 0.3) is 0 Å². The van der Waals surface area contributed by atoms with Crippen molar-refractivity contribution in [2.45, 2.75) is 45.1 Å². The van der Waals surface area contributed by atoms with Crippen molar-refractivity contribution in [3.63, 3.8) is 0 Å². The van der Waals surface area contributed by atoms with E-state index in [9.17, 15) is 19.2 Å². The van der Waals surface area contributed by atoms with Gasteiger partial charge in [0.1, 0.15) is 6.04 Å². The van der Waals surface area contributed by atoms with Crippen molar-refractivity contribution in [1.82, 2.24) is 20.4 Å². The number of carbonyl (C=O) groups excluding carboxylic acids is 4. The molecule has 0 radical (unpaired) electrons. The highest BCUT2D eigenvalue weighted by molar-refractivity contribution is 5.89. The minimum absolute atomic E-state index is 0.00823. The Morgan fingerprint density at radius 2 is 1.67 bits per heavy atom. The van der Waals surface area contributed by atoms with Crippen molar-refractivity contribution in [3.05, 3.63) is 0 Å². The van der Waals surface area contributed by atoms with Gasteiger partial charge in [0.15, 0.2) is 0 Å². The van der Waals surface area contributed by atoms with Gasteiger partial charge in [-0.2, -0.15) is 0 Å². The molecule has 0 aromatic heterocycles. The number of carbonyl (C=O) groups is 4. The molecule has 0 aromatic carbocycles. The Morgan fingerprint density at radius 1 is 0.963 bits per heavy atom. The molecule has 0 spiro atoms. The Kier molecular flexibility index (Phi) is 8.50. The van der Waals surface area contributed by atoms with E-state index in [1.54, 1.807) is 9.80 Å². The van der Waals surface area contributed by atoms with Crippen LogP contribution in [0.3, 0.4) is 0 Å². The minimum Gasteiger partial charge on any atom is -0.378 e. The summed E-state index contributed by atoms with van der Waals surface area (Å²) in [5, 5.41) is 5.26. The van der Waals surface area contributed by atoms with Gasteiger partial charge in [-0.05, 0) is 19.3 Å². The first-order valence-corrected chi connectivity index (χ1v) is 9.66. The molecule has 2 heterocycles. The van der Waals surface area contributed by atoms with E-state index in [-0.39, 0.29) is 36.5 Å². The average molecular weight is 382 g/mol. The van der Waals surface area contributed by atoms with E-state index in [4.69, 9.17) is 4.74 Å². The summed E-state index contributed by atoms with van der Waals surface area (Å²) in [7, 11) is 0. The Labute approximate surface area is 159 Å². The highest BCUT2D eigenvalue weighted by Gasteiger charge is 2.35. The van der Waals surface area contributed by atoms with Gasteiger partial charge in [-0.3, -0.25) is 19.2 Å². The van der Waals surface area contributed by atoms with Gasteiger partial charge in [0, 0.05) is 52.5 Å². The number of hydrogen-bond acceptors (Lipinski definition) is 5. The number of nitrogens with zero attached hydrogens (tertiary/aromatic N) is 2. The van der Waals surface area contributed by atoms with E-state index < -0.39 is 6.04 Å². The smallest absolute Gasteiger partial charge is 0.245 e. The Balaban J connectivity index is 1.79. The van der Waals surface area contributed by atoms with Crippen LogP contribution >= 0.6 is 0 Å². The third-order valence-electron chi connectivity index (χ3n) is 4.82. The molecule has 2 saturated heterocycles. The van der Waals surface area contributed by atoms with Crippen molar-refractivity contribution < 1.29 is 23.9 Å². The molecule has 27 heavy (non-hydrogen) atoms. The number of amides is 4.